The molecule has 2 aliphatic rings. The predicted octanol–water partition coefficient (Wildman–Crippen LogP) is 2.54. The van der Waals surface area contributed by atoms with Crippen LogP contribution in [0.25, 0.3) is 0 Å². The van der Waals surface area contributed by atoms with E-state index in [1.165, 1.54) is 6.42 Å². The first-order valence-electron chi connectivity index (χ1n) is 6.95. The number of hydrogen-bond donors (Lipinski definition) is 1. The van der Waals surface area contributed by atoms with Gasteiger partial charge >= 0.3 is 0 Å². The third-order valence-electron chi connectivity index (χ3n) is 4.63. The van der Waals surface area contributed by atoms with Gasteiger partial charge in [0.15, 0.2) is 9.84 Å². The van der Waals surface area contributed by atoms with Crippen LogP contribution in [-0.4, -0.2) is 20.7 Å². The summed E-state index contributed by atoms with van der Waals surface area (Å²) in [6.07, 6.45) is 1.96. The van der Waals surface area contributed by atoms with Crippen LogP contribution in [0.15, 0.2) is 29.2 Å². The number of rotatable bonds is 3. The Kier molecular flexibility index (Phi) is 2.98. The van der Waals surface area contributed by atoms with E-state index in [9.17, 15) is 8.42 Å². The fourth-order valence-corrected chi connectivity index (χ4v) is 4.63. The molecular formula is C15H21NO2S. The summed E-state index contributed by atoms with van der Waals surface area (Å²) in [5.74, 6) is 0.994. The topological polar surface area (TPSA) is 46.2 Å². The van der Waals surface area contributed by atoms with Gasteiger partial charge in [0.05, 0.1) is 10.6 Å². The van der Waals surface area contributed by atoms with Crippen molar-refractivity contribution in [1.82, 2.24) is 5.32 Å². The molecule has 1 N–H and O–H groups in total. The highest BCUT2D eigenvalue weighted by molar-refractivity contribution is 7.91. The quantitative estimate of drug-likeness (QED) is 0.925. The Labute approximate surface area is 115 Å². The fraction of sp³-hybridized carbons (Fsp3) is 0.600. The van der Waals surface area contributed by atoms with E-state index in [2.05, 4.69) is 19.2 Å². The fourth-order valence-electron chi connectivity index (χ4n) is 3.01. The zero-order valence-corrected chi connectivity index (χ0v) is 12.3. The maximum atomic E-state index is 12.0. The van der Waals surface area contributed by atoms with Crippen molar-refractivity contribution in [3.8, 4) is 0 Å². The molecule has 0 aromatic heterocycles. The van der Waals surface area contributed by atoms with Gasteiger partial charge in [-0.15, -0.1) is 0 Å². The Morgan fingerprint density at radius 1 is 1.32 bits per heavy atom. The van der Waals surface area contributed by atoms with Crippen molar-refractivity contribution in [3.63, 3.8) is 0 Å². The first-order chi connectivity index (χ1) is 8.90. The second kappa shape index (κ2) is 4.32. The zero-order chi connectivity index (χ0) is 13.7. The largest absolute Gasteiger partial charge is 0.310 e. The molecule has 1 fully saturated rings. The summed E-state index contributed by atoms with van der Waals surface area (Å²) >= 11 is 0. The van der Waals surface area contributed by atoms with Crippen molar-refractivity contribution >= 4 is 9.84 Å². The van der Waals surface area contributed by atoms with Gasteiger partial charge in [-0.2, -0.15) is 0 Å². The lowest BCUT2D eigenvalue weighted by atomic mass is 10.0. The first-order valence-corrected chi connectivity index (χ1v) is 8.60. The molecule has 2 unspecified atom stereocenters. The number of nitrogens with one attached hydrogen (secondary N) is 1. The highest BCUT2D eigenvalue weighted by Crippen LogP contribution is 2.51. The summed E-state index contributed by atoms with van der Waals surface area (Å²) in [7, 11) is -3.06. The van der Waals surface area contributed by atoms with E-state index in [1.807, 2.05) is 18.2 Å². The molecule has 0 spiro atoms. The van der Waals surface area contributed by atoms with Gasteiger partial charge in [-0.25, -0.2) is 8.42 Å². The Morgan fingerprint density at radius 2 is 2.00 bits per heavy atom. The molecule has 1 aliphatic heterocycles. The second-order valence-electron chi connectivity index (χ2n) is 6.50. The standard InChI is InChI=1S/C15H21NO2S/c1-15(2)9-11(15)10-16-13-7-8-19(17,18)14-6-4-3-5-12(13)14/h3-6,11,13,16H,7-10H2,1-2H3. The van der Waals surface area contributed by atoms with Crippen LogP contribution in [-0.2, 0) is 9.84 Å². The monoisotopic (exact) mass is 279 g/mol. The third kappa shape index (κ3) is 2.43. The third-order valence-corrected chi connectivity index (χ3v) is 6.45. The lowest BCUT2D eigenvalue weighted by molar-refractivity contribution is 0.448. The highest BCUT2D eigenvalue weighted by Gasteiger charge is 2.45. The van der Waals surface area contributed by atoms with Crippen molar-refractivity contribution in [3.05, 3.63) is 29.8 Å². The van der Waals surface area contributed by atoms with E-state index in [4.69, 9.17) is 0 Å². The summed E-state index contributed by atoms with van der Waals surface area (Å²) < 4.78 is 24.1. The SMILES string of the molecule is CC1(C)CC1CNC1CCS(=O)(=O)c2ccccc21. The van der Waals surface area contributed by atoms with Crippen molar-refractivity contribution in [2.24, 2.45) is 11.3 Å². The highest BCUT2D eigenvalue weighted by atomic mass is 32.2. The van der Waals surface area contributed by atoms with E-state index in [1.54, 1.807) is 6.07 Å². The van der Waals surface area contributed by atoms with Crippen LogP contribution in [0.3, 0.4) is 0 Å². The molecule has 2 atom stereocenters. The van der Waals surface area contributed by atoms with E-state index in [0.717, 1.165) is 18.0 Å². The normalized spacial score (nSPS) is 30.6. The molecule has 0 saturated heterocycles. The minimum Gasteiger partial charge on any atom is -0.310 e. The van der Waals surface area contributed by atoms with Gasteiger partial charge in [-0.05, 0) is 42.3 Å². The second-order valence-corrected chi connectivity index (χ2v) is 8.57. The molecular weight excluding hydrogens is 258 g/mol. The lowest BCUT2D eigenvalue weighted by Crippen LogP contribution is -2.31. The minimum atomic E-state index is -3.06. The number of sulfone groups is 1. The summed E-state index contributed by atoms with van der Waals surface area (Å²) in [6, 6.07) is 7.61. The molecule has 3 rings (SSSR count). The molecule has 0 radical (unpaired) electrons. The van der Waals surface area contributed by atoms with Crippen LogP contribution < -0.4 is 5.32 Å². The first kappa shape index (κ1) is 13.1. The summed E-state index contributed by atoms with van der Waals surface area (Å²) in [4.78, 5) is 0.522. The van der Waals surface area contributed by atoms with Gasteiger partial charge < -0.3 is 5.32 Å². The molecule has 1 aliphatic carbocycles. The van der Waals surface area contributed by atoms with Crippen LogP contribution in [0.2, 0.25) is 0 Å². The van der Waals surface area contributed by atoms with Crippen LogP contribution in [0.5, 0.6) is 0 Å². The molecule has 1 heterocycles. The Morgan fingerprint density at radius 3 is 2.68 bits per heavy atom. The number of fused-ring (bicyclic) bond motifs is 1. The minimum absolute atomic E-state index is 0.191. The van der Waals surface area contributed by atoms with Crippen molar-refractivity contribution in [2.75, 3.05) is 12.3 Å². The lowest BCUT2D eigenvalue weighted by Gasteiger charge is -2.26. The van der Waals surface area contributed by atoms with E-state index >= 15 is 0 Å². The molecule has 104 valence electrons. The molecule has 19 heavy (non-hydrogen) atoms. The zero-order valence-electron chi connectivity index (χ0n) is 11.5. The molecule has 0 bridgehead atoms. The van der Waals surface area contributed by atoms with E-state index in [0.29, 0.717) is 16.7 Å². The molecule has 1 aromatic carbocycles. The van der Waals surface area contributed by atoms with Gasteiger partial charge in [0, 0.05) is 6.04 Å². The van der Waals surface area contributed by atoms with E-state index < -0.39 is 9.84 Å². The number of benzene rings is 1. The van der Waals surface area contributed by atoms with Crippen LogP contribution in [0.4, 0.5) is 0 Å². The molecule has 1 aromatic rings. The van der Waals surface area contributed by atoms with Crippen molar-refractivity contribution in [1.29, 1.82) is 0 Å². The Hall–Kier alpha value is -0.870. The molecule has 4 heteroatoms. The average Bonchev–Trinajstić information content (AvgIpc) is 2.96. The van der Waals surface area contributed by atoms with Crippen LogP contribution in [0.1, 0.15) is 38.3 Å². The summed E-state index contributed by atoms with van der Waals surface area (Å²) in [5.41, 5.74) is 1.42. The Bertz CT molecular complexity index is 592. The van der Waals surface area contributed by atoms with E-state index in [-0.39, 0.29) is 11.8 Å². The van der Waals surface area contributed by atoms with Crippen molar-refractivity contribution < 1.29 is 8.42 Å². The van der Waals surface area contributed by atoms with Crippen molar-refractivity contribution in [2.45, 2.75) is 37.6 Å². The maximum Gasteiger partial charge on any atom is 0.178 e. The maximum absolute atomic E-state index is 12.0. The van der Waals surface area contributed by atoms with Gasteiger partial charge in [0.1, 0.15) is 0 Å². The smallest absolute Gasteiger partial charge is 0.178 e. The molecule has 3 nitrogen and oxygen atoms in total. The van der Waals surface area contributed by atoms with Gasteiger partial charge in [0.25, 0.3) is 0 Å². The number of hydrogen-bond acceptors (Lipinski definition) is 3. The molecule has 1 saturated carbocycles. The van der Waals surface area contributed by atoms with Gasteiger partial charge in [-0.3, -0.25) is 0 Å². The van der Waals surface area contributed by atoms with Crippen LogP contribution >= 0.6 is 0 Å². The summed E-state index contributed by atoms with van der Waals surface area (Å²) in [5, 5.41) is 3.57. The van der Waals surface area contributed by atoms with Gasteiger partial charge in [-0.1, -0.05) is 32.0 Å². The predicted molar refractivity (Wildman–Crippen MR) is 75.7 cm³/mol. The molecule has 0 amide bonds. The Balaban J connectivity index is 1.77. The average molecular weight is 279 g/mol. The van der Waals surface area contributed by atoms with Gasteiger partial charge in [0.2, 0.25) is 0 Å². The summed E-state index contributed by atoms with van der Waals surface area (Å²) in [6.45, 7) is 5.57. The van der Waals surface area contributed by atoms with Crippen LogP contribution in [0, 0.1) is 11.3 Å².